The minimum atomic E-state index is -4.64. The molecule has 3 radical (unpaired) electrons. The molecule has 5 atom stereocenters. The average Bonchev–Trinajstić information content (AvgIpc) is 1.59. The van der Waals surface area contributed by atoms with Crippen LogP contribution in [0, 0.1) is 17.8 Å². The number of likely N-dealkylation sites (tertiary alicyclic amines) is 4. The number of primary amides is 1. The number of carbonyl (C=O) groups is 4. The summed E-state index contributed by atoms with van der Waals surface area (Å²) in [7, 11) is 6.61. The summed E-state index contributed by atoms with van der Waals surface area (Å²) in [5.41, 5.74) is 13.7. The number of ether oxygens (including phenoxy) is 1. The number of pyridine rings is 1. The Kier molecular flexibility index (Phi) is 30.4. The Morgan fingerprint density at radius 1 is 0.674 bits per heavy atom. The Hall–Kier alpha value is -4.02. The van der Waals surface area contributed by atoms with Gasteiger partial charge in [0.05, 0.1) is 56.7 Å². The number of thiazole rings is 3. The van der Waals surface area contributed by atoms with Crippen LogP contribution in [0.15, 0.2) is 82.5 Å². The third kappa shape index (κ3) is 23.0. The number of halogens is 6. The first-order valence-corrected chi connectivity index (χ1v) is 36.2. The van der Waals surface area contributed by atoms with Crippen LogP contribution in [0.2, 0.25) is 5.02 Å². The number of carbonyl (C=O) groups excluding carboxylic acids is 4. The van der Waals surface area contributed by atoms with Crippen LogP contribution >= 0.6 is 73.1 Å². The molecule has 0 aliphatic carbocycles. The number of benzene rings is 3. The van der Waals surface area contributed by atoms with Crippen molar-refractivity contribution in [2.24, 2.45) is 28.5 Å². The van der Waals surface area contributed by atoms with Gasteiger partial charge in [-0.25, -0.2) is 19.7 Å². The van der Waals surface area contributed by atoms with Crippen molar-refractivity contribution in [3.8, 4) is 0 Å². The average molecular weight is 1480 g/mol. The van der Waals surface area contributed by atoms with Crippen molar-refractivity contribution in [1.29, 1.82) is 0 Å². The van der Waals surface area contributed by atoms with Gasteiger partial charge in [-0.3, -0.25) is 24.4 Å². The number of amides is 2. The van der Waals surface area contributed by atoms with Crippen molar-refractivity contribution in [2.75, 3.05) is 86.7 Å². The second-order valence-electron chi connectivity index (χ2n) is 25.9. The van der Waals surface area contributed by atoms with E-state index in [1.165, 1.54) is 128 Å². The second-order valence-corrected chi connectivity index (χ2v) is 30.8. The zero-order valence-electron chi connectivity index (χ0n) is 56.3. The quantitative estimate of drug-likeness (QED) is 0.0633. The van der Waals surface area contributed by atoms with E-state index in [1.54, 1.807) is 34.7 Å². The van der Waals surface area contributed by atoms with Gasteiger partial charge >= 0.3 is 58.8 Å². The molecule has 5 fully saturated rings. The van der Waals surface area contributed by atoms with E-state index in [0.29, 0.717) is 41.3 Å². The maximum absolute atomic E-state index is 12.4. The van der Waals surface area contributed by atoms with E-state index in [2.05, 4.69) is 154 Å². The Bertz CT molecular complexity index is 3680. The number of nitrogens with zero attached hydrogens (tertiary/aromatic N) is 9. The number of alkyl halides is 3. The Balaban J connectivity index is 0.000000199. The minimum absolute atomic E-state index is 0. The van der Waals surface area contributed by atoms with Crippen LogP contribution in [0.1, 0.15) is 161 Å². The normalized spacial score (nSPS) is 21.8. The topological polar surface area (TPSA) is 192 Å². The van der Waals surface area contributed by atoms with Gasteiger partial charge in [-0.2, -0.15) is 13.2 Å². The van der Waals surface area contributed by atoms with Gasteiger partial charge in [-0.1, -0.05) is 50.6 Å². The van der Waals surface area contributed by atoms with Crippen LogP contribution < -0.4 is 40.6 Å². The molecule has 6 aliphatic rings. The molecule has 3 aromatic carbocycles. The molecule has 16 nitrogen and oxygen atoms in total. The number of nitrogens with one attached hydrogen (secondary N) is 1. The summed E-state index contributed by atoms with van der Waals surface area (Å²) in [5.74, 6) is 0.618. The number of hydrogen-bond donors (Lipinski definition) is 2. The number of piperidine rings is 5. The summed E-state index contributed by atoms with van der Waals surface area (Å²) < 4.78 is 41.9. The van der Waals surface area contributed by atoms with E-state index in [1.807, 2.05) is 22.7 Å². The molecule has 7 aromatic rings. The fourth-order valence-electron chi connectivity index (χ4n) is 12.6. The number of hydrogen-bond acceptors (Lipinski definition) is 17. The molecule has 27 heteroatoms. The van der Waals surface area contributed by atoms with E-state index in [0.717, 1.165) is 85.7 Å². The van der Waals surface area contributed by atoms with Crippen LogP contribution in [0.25, 0.3) is 30.6 Å². The maximum atomic E-state index is 12.4. The molecule has 507 valence electrons. The maximum Gasteiger partial charge on any atom is 1.00 e. The van der Waals surface area contributed by atoms with E-state index in [9.17, 15) is 32.3 Å². The fraction of sp³-hybridized carbons (Fsp3) is 0.544. The molecule has 3 N–H and O–H groups in total. The minimum Gasteiger partial charge on any atom is -1.00 e. The molecular weight excluding hydrogens is 1390 g/mol. The molecule has 95 heavy (non-hydrogen) atoms. The number of aliphatic imine (C=N–C) groups is 1. The third-order valence-electron chi connectivity index (χ3n) is 18.2. The van der Waals surface area contributed by atoms with E-state index < -0.39 is 35.8 Å². The predicted octanol–water partition coefficient (Wildman–Crippen LogP) is 11.5. The second kappa shape index (κ2) is 36.9. The van der Waals surface area contributed by atoms with Crippen molar-refractivity contribution in [3.63, 3.8) is 0 Å². The van der Waals surface area contributed by atoms with E-state index >= 15 is 0 Å². The monoisotopic (exact) mass is 1470 g/mol. The van der Waals surface area contributed by atoms with Gasteiger partial charge in [0.15, 0.2) is 6.61 Å². The van der Waals surface area contributed by atoms with Gasteiger partial charge in [0, 0.05) is 67.9 Å². The van der Waals surface area contributed by atoms with Gasteiger partial charge in [-0.05, 0) is 248 Å². The number of fused-ring (bicyclic) bond motifs is 3. The summed E-state index contributed by atoms with van der Waals surface area (Å²) in [6.07, 6.45) is 12.8. The summed E-state index contributed by atoms with van der Waals surface area (Å²) >= 11 is 18.8. The zero-order chi connectivity index (χ0) is 66.5. The SMILES string of the molecule is C[C@H]1CCC(c2ccc3sc(C4CCN(C)CC4)nc3c2)=NC1.C[C@H]1CC[C@H](c2ccc3sc(C4CCN(C)CC4)nc3c2)N(C(=O)C(N)=O)C1.C[C@H]1CC[C@H](c2ccc3sc(C4CCN(C)CC4)nc3c2)NC1.Clc1cncc(Br)c1.O=C(Cl)C(=O)OCC(F)(F)F.[B].[H-].[Na+]. The van der Waals surface area contributed by atoms with Crippen LogP contribution in [0.5, 0.6) is 0 Å². The molecule has 4 aromatic heterocycles. The molecule has 0 spiro atoms. The number of rotatable bonds is 8. The van der Waals surface area contributed by atoms with Crippen molar-refractivity contribution in [1.82, 2.24) is 44.9 Å². The molecule has 0 bridgehead atoms. The van der Waals surface area contributed by atoms with Crippen molar-refractivity contribution < 1.29 is 68.1 Å². The van der Waals surface area contributed by atoms with Gasteiger partial charge < -0.3 is 36.8 Å². The largest absolute Gasteiger partial charge is 1.00 e. The van der Waals surface area contributed by atoms with Gasteiger partial charge in [0.1, 0.15) is 0 Å². The molecule has 2 amide bonds. The standard InChI is InChI=1S/C21H28N4O2S.C19H27N3S.C19H25N3S.C5H3BrClN.C4H2ClF3O3.B.Na.H/c1-13-3-5-17(25(12-13)21(27)19(22)26)15-4-6-18-16(11-15)23-20(28-18)14-7-9-24(2)10-8-14;2*1-13-3-5-16(20-12-13)15-4-6-18-17(11-15)21-19(23-18)14-7-9-22(2)10-8-14;6-4-1-5(7)3-8-2-4;5-2(9)3(10)11-1-4(6,7)8;;;/h4,6,11,13-14,17H,3,5,7-10,12H2,1-2H3,(H2,22,26);4,6,11,13-14,16,20H,3,5,7-10,12H2,1-2H3;4,6,11,13-14H,3,5,7-10,12H2,1-2H3;1-3H;1H2;;;/q;;;;;;+1;-1/t13-,17+;13-,16+;13-;;;;;/m000...../s1. The first-order chi connectivity index (χ1) is 44.4. The molecule has 10 heterocycles. The molecule has 0 saturated carbocycles. The first kappa shape index (κ1) is 78.3. The Morgan fingerprint density at radius 3 is 1.61 bits per heavy atom. The molecule has 6 aliphatic heterocycles. The number of aromatic nitrogens is 4. The van der Waals surface area contributed by atoms with Crippen LogP contribution in [0.3, 0.4) is 0 Å². The molecule has 13 rings (SSSR count). The number of esters is 1. The summed E-state index contributed by atoms with van der Waals surface area (Å²) in [6.45, 7) is 14.7. The first-order valence-electron chi connectivity index (χ1n) is 32.3. The van der Waals surface area contributed by atoms with Crippen molar-refractivity contribution in [3.05, 3.63) is 114 Å². The van der Waals surface area contributed by atoms with Crippen LogP contribution in [-0.2, 0) is 23.9 Å². The number of nitrogens with two attached hydrogens (primary N) is 1. The van der Waals surface area contributed by atoms with Gasteiger partial charge in [0.2, 0.25) is 0 Å². The van der Waals surface area contributed by atoms with Crippen molar-refractivity contribution in [2.45, 2.75) is 134 Å². The van der Waals surface area contributed by atoms with Crippen molar-refractivity contribution >= 4 is 141 Å². The van der Waals surface area contributed by atoms with Gasteiger partial charge in [0.25, 0.3) is 0 Å². The predicted molar refractivity (Wildman–Crippen MR) is 380 cm³/mol. The van der Waals surface area contributed by atoms with Crippen LogP contribution in [0.4, 0.5) is 13.2 Å². The third-order valence-corrected chi connectivity index (χ3v) is 22.6. The smallest absolute Gasteiger partial charge is 1.00 e. The summed E-state index contributed by atoms with van der Waals surface area (Å²) in [5, 5.41) is 6.69. The van der Waals surface area contributed by atoms with E-state index in [4.69, 9.17) is 37.3 Å². The van der Waals surface area contributed by atoms with E-state index in [-0.39, 0.29) is 45.4 Å². The van der Waals surface area contributed by atoms with Gasteiger partial charge in [-0.15, -0.1) is 34.0 Å². The summed E-state index contributed by atoms with van der Waals surface area (Å²) in [6, 6.07) is 22.2. The molecule has 5 saturated heterocycles. The zero-order valence-corrected chi connectivity index (χ0v) is 62.9. The fourth-order valence-corrected chi connectivity index (χ4v) is 16.6. The molecular formula is C68H86BBrCl2F3N11NaO5S3. The van der Waals surface area contributed by atoms with Crippen LogP contribution in [-0.4, -0.2) is 170 Å². The molecule has 0 unspecified atom stereocenters. The Labute approximate surface area is 612 Å². The Morgan fingerprint density at radius 2 is 1.17 bits per heavy atom. The summed E-state index contributed by atoms with van der Waals surface area (Å²) in [4.78, 5) is 76.0.